The number of hydrogen-bond acceptors (Lipinski definition) is 4. The molecule has 16 heavy (non-hydrogen) atoms. The molecule has 0 aliphatic heterocycles. The molecule has 0 heterocycles. The lowest BCUT2D eigenvalue weighted by molar-refractivity contribution is 0.254. The molecule has 0 aromatic heterocycles. The summed E-state index contributed by atoms with van der Waals surface area (Å²) in [6.45, 7) is 13.0. The maximum Gasteiger partial charge on any atom is 0.175 e. The molecular formula is C10H26O2S2Si2. The quantitative estimate of drug-likeness (QED) is 0.479. The Bertz CT molecular complexity index is 153. The van der Waals surface area contributed by atoms with Crippen molar-refractivity contribution in [3.63, 3.8) is 0 Å². The Morgan fingerprint density at radius 1 is 0.688 bits per heavy atom. The lowest BCUT2D eigenvalue weighted by Gasteiger charge is -2.16. The highest BCUT2D eigenvalue weighted by Gasteiger charge is 2.11. The Hall–Kier alpha value is 1.05. The third kappa shape index (κ3) is 11.5. The van der Waals surface area contributed by atoms with Gasteiger partial charge in [0.05, 0.1) is 0 Å². The number of hydrogen-bond donors (Lipinski definition) is 0. The molecule has 0 rings (SSSR count). The van der Waals surface area contributed by atoms with Crippen molar-refractivity contribution in [3.8, 4) is 0 Å². The van der Waals surface area contributed by atoms with Crippen LogP contribution in [0.25, 0.3) is 0 Å². The van der Waals surface area contributed by atoms with Gasteiger partial charge in [-0.1, -0.05) is 35.4 Å². The highest BCUT2D eigenvalue weighted by molar-refractivity contribution is 8.77. The fourth-order valence-corrected chi connectivity index (χ4v) is 7.06. The van der Waals surface area contributed by atoms with Gasteiger partial charge in [0, 0.05) is 22.0 Å². The third-order valence-corrected chi connectivity index (χ3v) is 10.7. The molecule has 0 spiro atoms. The van der Waals surface area contributed by atoms with E-state index in [1.54, 1.807) is 0 Å². The van der Waals surface area contributed by atoms with Gasteiger partial charge in [0.2, 0.25) is 0 Å². The fourth-order valence-electron chi connectivity index (χ4n) is 0.901. The normalized spacial score (nSPS) is 17.2. The van der Waals surface area contributed by atoms with Gasteiger partial charge < -0.3 is 8.85 Å². The van der Waals surface area contributed by atoms with Crippen molar-refractivity contribution in [2.45, 2.75) is 63.5 Å². The summed E-state index contributed by atoms with van der Waals surface area (Å²) in [4.78, 5) is 1.39. The number of rotatable bonds is 9. The Morgan fingerprint density at radius 3 is 1.25 bits per heavy atom. The average molecular weight is 299 g/mol. The Kier molecular flexibility index (Phi) is 10.7. The highest BCUT2D eigenvalue weighted by Crippen LogP contribution is 2.30. The lowest BCUT2D eigenvalue weighted by Crippen LogP contribution is -2.19. The minimum absolute atomic E-state index is 0.368. The molecule has 0 aliphatic carbocycles. The van der Waals surface area contributed by atoms with E-state index in [1.165, 1.54) is 0 Å². The van der Waals surface area contributed by atoms with Crippen LogP contribution in [0.5, 0.6) is 0 Å². The minimum atomic E-state index is -0.368. The standard InChI is InChI=1S/C10H26O2S2Si2/c1-7(2)11-15-9(5)13-14-10(6)16-12-8(3)4/h7-10H,15-16H2,1-6H3. The first-order valence-electron chi connectivity index (χ1n) is 5.97. The van der Waals surface area contributed by atoms with Gasteiger partial charge in [-0.25, -0.2) is 0 Å². The zero-order chi connectivity index (χ0) is 12.6. The molecule has 0 radical (unpaired) electrons. The van der Waals surface area contributed by atoms with Crippen molar-refractivity contribution < 1.29 is 8.85 Å². The molecule has 6 heteroatoms. The lowest BCUT2D eigenvalue weighted by atomic mass is 10.5. The second-order valence-corrected chi connectivity index (χ2v) is 12.7. The van der Waals surface area contributed by atoms with Crippen LogP contribution in [0.4, 0.5) is 0 Å². The summed E-state index contributed by atoms with van der Waals surface area (Å²) in [5, 5.41) is 0. The van der Waals surface area contributed by atoms with Gasteiger partial charge in [-0.3, -0.25) is 0 Å². The molecule has 0 bridgehead atoms. The molecule has 0 aliphatic rings. The average Bonchev–Trinajstić information content (AvgIpc) is 2.20. The van der Waals surface area contributed by atoms with E-state index in [9.17, 15) is 0 Å². The zero-order valence-electron chi connectivity index (χ0n) is 11.4. The van der Waals surface area contributed by atoms with E-state index in [4.69, 9.17) is 8.85 Å². The van der Waals surface area contributed by atoms with Crippen LogP contribution >= 0.6 is 21.6 Å². The third-order valence-electron chi connectivity index (χ3n) is 1.71. The summed E-state index contributed by atoms with van der Waals surface area (Å²) in [7, 11) is 3.24. The molecule has 0 aromatic rings. The summed E-state index contributed by atoms with van der Waals surface area (Å²) in [5.41, 5.74) is 0. The molecule has 2 atom stereocenters. The first kappa shape index (κ1) is 17.1. The maximum atomic E-state index is 5.72. The van der Waals surface area contributed by atoms with Crippen LogP contribution in [-0.4, -0.2) is 41.5 Å². The SMILES string of the molecule is CC(C)O[SiH2]C(C)SSC(C)[SiH2]OC(C)C. The molecule has 0 fully saturated rings. The first-order valence-corrected chi connectivity index (χ1v) is 11.0. The van der Waals surface area contributed by atoms with Gasteiger partial charge in [0.15, 0.2) is 19.5 Å². The largest absolute Gasteiger partial charge is 0.421 e. The second-order valence-electron chi connectivity index (χ2n) is 4.58. The summed E-state index contributed by atoms with van der Waals surface area (Å²) >= 11 is 0. The molecule has 2 nitrogen and oxygen atoms in total. The predicted octanol–water partition coefficient (Wildman–Crippen LogP) is 2.08. The minimum Gasteiger partial charge on any atom is -0.421 e. The predicted molar refractivity (Wildman–Crippen MR) is 83.6 cm³/mol. The van der Waals surface area contributed by atoms with Gasteiger partial charge in [-0.2, -0.15) is 0 Å². The zero-order valence-corrected chi connectivity index (χ0v) is 15.8. The maximum absolute atomic E-state index is 5.72. The van der Waals surface area contributed by atoms with Gasteiger partial charge in [0.1, 0.15) is 0 Å². The first-order chi connectivity index (χ1) is 7.41. The van der Waals surface area contributed by atoms with E-state index in [0.29, 0.717) is 22.0 Å². The second kappa shape index (κ2) is 10.0. The van der Waals surface area contributed by atoms with Crippen LogP contribution in [0.3, 0.4) is 0 Å². The molecule has 2 unspecified atom stereocenters. The van der Waals surface area contributed by atoms with Crippen LogP contribution < -0.4 is 0 Å². The van der Waals surface area contributed by atoms with Crippen LogP contribution in [0.15, 0.2) is 0 Å². The summed E-state index contributed by atoms with van der Waals surface area (Å²) in [6.07, 6.45) is 0.798. The smallest absolute Gasteiger partial charge is 0.175 e. The molecule has 0 amide bonds. The Labute approximate surface area is 113 Å². The molecule has 98 valence electrons. The summed E-state index contributed by atoms with van der Waals surface area (Å²) in [6, 6.07) is 0. The van der Waals surface area contributed by atoms with Gasteiger partial charge in [-0.15, -0.1) is 0 Å². The van der Waals surface area contributed by atoms with Crippen molar-refractivity contribution in [3.05, 3.63) is 0 Å². The van der Waals surface area contributed by atoms with Crippen molar-refractivity contribution in [1.82, 2.24) is 0 Å². The van der Waals surface area contributed by atoms with E-state index >= 15 is 0 Å². The van der Waals surface area contributed by atoms with Crippen molar-refractivity contribution in [2.75, 3.05) is 0 Å². The van der Waals surface area contributed by atoms with E-state index < -0.39 is 0 Å². The van der Waals surface area contributed by atoms with Crippen molar-refractivity contribution in [1.29, 1.82) is 0 Å². The van der Waals surface area contributed by atoms with E-state index in [2.05, 4.69) is 41.5 Å². The molecule has 0 saturated heterocycles. The molecule has 0 saturated carbocycles. The topological polar surface area (TPSA) is 18.5 Å². The summed E-state index contributed by atoms with van der Waals surface area (Å²) < 4.78 is 11.4. The van der Waals surface area contributed by atoms with Crippen LogP contribution in [-0.2, 0) is 8.85 Å². The molecular weight excluding hydrogens is 272 g/mol. The van der Waals surface area contributed by atoms with Gasteiger partial charge in [0.25, 0.3) is 0 Å². The molecule has 0 aromatic carbocycles. The summed E-state index contributed by atoms with van der Waals surface area (Å²) in [5.74, 6) is 0. The van der Waals surface area contributed by atoms with Gasteiger partial charge >= 0.3 is 0 Å². The highest BCUT2D eigenvalue weighted by atomic mass is 33.1. The molecule has 0 N–H and O–H groups in total. The van der Waals surface area contributed by atoms with Crippen molar-refractivity contribution in [2.24, 2.45) is 0 Å². The monoisotopic (exact) mass is 298 g/mol. The van der Waals surface area contributed by atoms with E-state index in [0.717, 1.165) is 0 Å². The van der Waals surface area contributed by atoms with Gasteiger partial charge in [-0.05, 0) is 27.7 Å². The Balaban J connectivity index is 3.47. The fraction of sp³-hybridized carbons (Fsp3) is 1.00. The van der Waals surface area contributed by atoms with Crippen LogP contribution in [0.1, 0.15) is 41.5 Å². The van der Waals surface area contributed by atoms with Crippen LogP contribution in [0.2, 0.25) is 0 Å². The van der Waals surface area contributed by atoms with E-state index in [1.807, 2.05) is 21.6 Å². The van der Waals surface area contributed by atoms with E-state index in [-0.39, 0.29) is 19.5 Å². The van der Waals surface area contributed by atoms with Crippen LogP contribution in [0, 0.1) is 0 Å². The van der Waals surface area contributed by atoms with Crippen molar-refractivity contribution >= 4 is 41.1 Å². The Morgan fingerprint density at radius 2 is 1.00 bits per heavy atom.